The van der Waals surface area contributed by atoms with Crippen LogP contribution in [-0.4, -0.2) is 28.8 Å². The van der Waals surface area contributed by atoms with Crippen molar-refractivity contribution in [1.29, 1.82) is 0 Å². The topological polar surface area (TPSA) is 75.4 Å². The molecular formula is C30H42ClN3O2. The highest BCUT2D eigenvalue weighted by atomic mass is 35.5. The van der Waals surface area contributed by atoms with Crippen LogP contribution in [0.1, 0.15) is 95.1 Å². The second kappa shape index (κ2) is 11.4. The predicted octanol–water partition coefficient (Wildman–Crippen LogP) is 6.92. The Labute approximate surface area is 221 Å². The van der Waals surface area contributed by atoms with Gasteiger partial charge in [0.2, 0.25) is 5.91 Å². The largest absolute Gasteiger partial charge is 0.334 e. The molecule has 1 aliphatic carbocycles. The zero-order chi connectivity index (χ0) is 26.7. The van der Waals surface area contributed by atoms with E-state index in [1.807, 2.05) is 35.2 Å². The normalized spacial score (nSPS) is 18.6. The number of nitrogens with one attached hydrogen (secondary N) is 1. The zero-order valence-corrected chi connectivity index (χ0v) is 23.4. The number of hydrogen-bond acceptors (Lipinski definition) is 3. The Bertz CT molecular complexity index is 1070. The van der Waals surface area contributed by atoms with Crippen molar-refractivity contribution in [3.63, 3.8) is 0 Å². The summed E-state index contributed by atoms with van der Waals surface area (Å²) in [6.45, 7) is 13.0. The highest BCUT2D eigenvalue weighted by molar-refractivity contribution is 6.31. The van der Waals surface area contributed by atoms with Crippen molar-refractivity contribution in [2.75, 3.05) is 5.32 Å². The van der Waals surface area contributed by atoms with E-state index in [2.05, 4.69) is 46.9 Å². The van der Waals surface area contributed by atoms with Crippen molar-refractivity contribution in [1.82, 2.24) is 4.90 Å². The molecule has 0 aliphatic heterocycles. The molecule has 0 heterocycles. The summed E-state index contributed by atoms with van der Waals surface area (Å²) >= 11 is 6.59. The van der Waals surface area contributed by atoms with E-state index in [1.54, 1.807) is 12.1 Å². The quantitative estimate of drug-likeness (QED) is 0.441. The smallest absolute Gasteiger partial charge is 0.255 e. The molecule has 3 rings (SSSR count). The number of benzene rings is 2. The number of carbonyl (C=O) groups is 2. The first-order valence-electron chi connectivity index (χ1n) is 13.0. The number of anilines is 1. The zero-order valence-electron chi connectivity index (χ0n) is 22.7. The average Bonchev–Trinajstić information content (AvgIpc) is 2.78. The van der Waals surface area contributed by atoms with Gasteiger partial charge in [0, 0.05) is 41.3 Å². The van der Waals surface area contributed by atoms with Crippen LogP contribution >= 0.6 is 11.6 Å². The fourth-order valence-electron chi connectivity index (χ4n) is 4.75. The van der Waals surface area contributed by atoms with Crippen molar-refractivity contribution in [3.8, 4) is 0 Å². The molecule has 1 fully saturated rings. The van der Waals surface area contributed by atoms with Crippen LogP contribution in [0.15, 0.2) is 42.5 Å². The lowest BCUT2D eigenvalue weighted by Gasteiger charge is -2.39. The first-order valence-corrected chi connectivity index (χ1v) is 13.4. The lowest BCUT2D eigenvalue weighted by Crippen LogP contribution is -2.52. The van der Waals surface area contributed by atoms with Gasteiger partial charge in [0.05, 0.1) is 0 Å². The summed E-state index contributed by atoms with van der Waals surface area (Å²) in [4.78, 5) is 28.3. The molecular weight excluding hydrogens is 470 g/mol. The molecule has 0 spiro atoms. The van der Waals surface area contributed by atoms with Crippen LogP contribution in [0.5, 0.6) is 0 Å². The molecule has 2 aromatic carbocycles. The molecule has 2 aromatic rings. The molecule has 0 aromatic heterocycles. The van der Waals surface area contributed by atoms with Gasteiger partial charge in [0.15, 0.2) is 0 Å². The molecule has 5 nitrogen and oxygen atoms in total. The van der Waals surface area contributed by atoms with Crippen LogP contribution in [0.25, 0.3) is 0 Å². The molecule has 196 valence electrons. The maximum absolute atomic E-state index is 13.4. The molecule has 0 radical (unpaired) electrons. The Balaban J connectivity index is 1.81. The van der Waals surface area contributed by atoms with Crippen LogP contribution in [0.4, 0.5) is 5.69 Å². The van der Waals surface area contributed by atoms with Gasteiger partial charge in [-0.1, -0.05) is 78.1 Å². The highest BCUT2D eigenvalue weighted by Gasteiger charge is 2.33. The standard InChI is InChI=1S/C30H42ClN3O2/c1-29(2,3)18-27(35)34(26-10-8-7-9-25(26)32)19-21-17-23(15-16-24(21)31)33-28(36)20-11-13-22(14-12-20)30(4,5)6/h11-17,25-26H,7-10,18-19,32H2,1-6H3,(H,33,36). The van der Waals surface area contributed by atoms with Gasteiger partial charge in [-0.15, -0.1) is 0 Å². The van der Waals surface area contributed by atoms with Crippen LogP contribution in [0, 0.1) is 5.41 Å². The minimum atomic E-state index is -0.182. The first kappa shape index (κ1) is 28.2. The molecule has 1 aliphatic rings. The SMILES string of the molecule is CC(C)(C)CC(=O)N(Cc1cc(NC(=O)c2ccc(C(C)(C)C)cc2)ccc1Cl)C1CCCCC1N. The van der Waals surface area contributed by atoms with Crippen LogP contribution in [-0.2, 0) is 16.8 Å². The van der Waals surface area contributed by atoms with E-state index in [-0.39, 0.29) is 34.7 Å². The average molecular weight is 512 g/mol. The van der Waals surface area contributed by atoms with Gasteiger partial charge in [-0.05, 0) is 65.1 Å². The number of hydrogen-bond donors (Lipinski definition) is 2. The van der Waals surface area contributed by atoms with E-state index in [0.29, 0.717) is 29.2 Å². The Morgan fingerprint density at radius 2 is 1.64 bits per heavy atom. The summed E-state index contributed by atoms with van der Waals surface area (Å²) in [5.41, 5.74) is 9.60. The van der Waals surface area contributed by atoms with Crippen molar-refractivity contribution in [3.05, 3.63) is 64.2 Å². The number of rotatable bonds is 6. The monoisotopic (exact) mass is 511 g/mol. The minimum absolute atomic E-state index is 0.00996. The second-order valence-corrected chi connectivity index (χ2v) is 12.8. The van der Waals surface area contributed by atoms with Gasteiger partial charge in [0.25, 0.3) is 5.91 Å². The van der Waals surface area contributed by atoms with Gasteiger partial charge < -0.3 is 16.0 Å². The Kier molecular flexibility index (Phi) is 8.89. The molecule has 0 bridgehead atoms. The summed E-state index contributed by atoms with van der Waals surface area (Å²) in [7, 11) is 0. The number of amides is 2. The van der Waals surface area contributed by atoms with E-state index in [4.69, 9.17) is 17.3 Å². The fraction of sp³-hybridized carbons (Fsp3) is 0.533. The number of nitrogens with zero attached hydrogens (tertiary/aromatic N) is 1. The highest BCUT2D eigenvalue weighted by Crippen LogP contribution is 2.30. The summed E-state index contributed by atoms with van der Waals surface area (Å²) in [5, 5.41) is 3.56. The van der Waals surface area contributed by atoms with E-state index in [0.717, 1.165) is 31.2 Å². The summed E-state index contributed by atoms with van der Waals surface area (Å²) in [6, 6.07) is 13.1. The van der Waals surface area contributed by atoms with Crippen LogP contribution < -0.4 is 11.1 Å². The molecule has 2 amide bonds. The molecule has 1 saturated carbocycles. The molecule has 2 unspecified atom stereocenters. The lowest BCUT2D eigenvalue weighted by atomic mass is 9.86. The second-order valence-electron chi connectivity index (χ2n) is 12.4. The maximum Gasteiger partial charge on any atom is 0.255 e. The predicted molar refractivity (Wildman–Crippen MR) is 149 cm³/mol. The van der Waals surface area contributed by atoms with Crippen LogP contribution in [0.3, 0.4) is 0 Å². The van der Waals surface area contributed by atoms with Crippen molar-refractivity contribution in [2.24, 2.45) is 11.1 Å². The molecule has 2 atom stereocenters. The molecule has 36 heavy (non-hydrogen) atoms. The Hall–Kier alpha value is -2.37. The van der Waals surface area contributed by atoms with E-state index in [1.165, 1.54) is 5.56 Å². The van der Waals surface area contributed by atoms with Crippen LogP contribution in [0.2, 0.25) is 5.02 Å². The van der Waals surface area contributed by atoms with Gasteiger partial charge >= 0.3 is 0 Å². The Morgan fingerprint density at radius 1 is 1.00 bits per heavy atom. The van der Waals surface area contributed by atoms with Gasteiger partial charge in [0.1, 0.15) is 0 Å². The molecule has 0 saturated heterocycles. The minimum Gasteiger partial charge on any atom is -0.334 e. The maximum atomic E-state index is 13.4. The lowest BCUT2D eigenvalue weighted by molar-refractivity contribution is -0.137. The van der Waals surface area contributed by atoms with E-state index >= 15 is 0 Å². The molecule has 3 N–H and O–H groups in total. The summed E-state index contributed by atoms with van der Waals surface area (Å²) in [5.74, 6) is -0.0898. The summed E-state index contributed by atoms with van der Waals surface area (Å²) < 4.78 is 0. The fourth-order valence-corrected chi connectivity index (χ4v) is 4.93. The van der Waals surface area contributed by atoms with E-state index in [9.17, 15) is 9.59 Å². The number of halogens is 1. The van der Waals surface area contributed by atoms with Gasteiger partial charge in [-0.25, -0.2) is 0 Å². The molecule has 6 heteroatoms. The summed E-state index contributed by atoms with van der Waals surface area (Å²) in [6.07, 6.45) is 4.42. The third-order valence-corrected chi connectivity index (χ3v) is 7.21. The Morgan fingerprint density at radius 3 is 2.22 bits per heavy atom. The van der Waals surface area contributed by atoms with Crippen molar-refractivity contribution in [2.45, 2.75) is 97.7 Å². The van der Waals surface area contributed by atoms with Gasteiger partial charge in [-0.3, -0.25) is 9.59 Å². The van der Waals surface area contributed by atoms with E-state index < -0.39 is 0 Å². The third-order valence-electron chi connectivity index (χ3n) is 6.84. The van der Waals surface area contributed by atoms with Crippen molar-refractivity contribution >= 4 is 29.1 Å². The first-order chi connectivity index (χ1) is 16.7. The third kappa shape index (κ3) is 7.57. The number of carbonyl (C=O) groups excluding carboxylic acids is 2. The van der Waals surface area contributed by atoms with Gasteiger partial charge in [-0.2, -0.15) is 0 Å². The number of nitrogens with two attached hydrogens (primary N) is 1. The van der Waals surface area contributed by atoms with Crippen molar-refractivity contribution < 1.29 is 9.59 Å².